The first-order valence-corrected chi connectivity index (χ1v) is 8.58. The number of ether oxygens (including phenoxy) is 1. The molecule has 0 fully saturated rings. The second-order valence-electron chi connectivity index (χ2n) is 5.11. The zero-order chi connectivity index (χ0) is 16.0. The average Bonchev–Trinajstić information content (AvgIpc) is 2.43. The molecule has 0 unspecified atom stereocenters. The fourth-order valence-corrected chi connectivity index (χ4v) is 3.07. The number of hydrogen-bond donors (Lipinski definition) is 1. The van der Waals surface area contributed by atoms with Gasteiger partial charge in [0, 0.05) is 38.3 Å². The summed E-state index contributed by atoms with van der Waals surface area (Å²) in [5, 5.41) is 3.79. The molecule has 0 bridgehead atoms. The van der Waals surface area contributed by atoms with E-state index < -0.39 is 10.0 Å². The van der Waals surface area contributed by atoms with E-state index in [0.29, 0.717) is 30.8 Å². The van der Waals surface area contributed by atoms with Gasteiger partial charge < -0.3 is 10.1 Å². The van der Waals surface area contributed by atoms with Crippen molar-refractivity contribution in [3.8, 4) is 0 Å². The molecule has 0 amide bonds. The molecule has 7 heteroatoms. The van der Waals surface area contributed by atoms with Gasteiger partial charge in [-0.25, -0.2) is 8.42 Å². The van der Waals surface area contributed by atoms with Crippen LogP contribution >= 0.6 is 11.6 Å². The maximum absolute atomic E-state index is 12.4. The molecular formula is C14H23ClN2O3S. The molecule has 1 aromatic carbocycles. The number of nitrogens with one attached hydrogen (secondary N) is 1. The predicted octanol–water partition coefficient (Wildman–Crippen LogP) is 2.10. The van der Waals surface area contributed by atoms with Gasteiger partial charge >= 0.3 is 0 Å². The number of hydrogen-bond acceptors (Lipinski definition) is 4. The Hall–Kier alpha value is -0.660. The highest BCUT2D eigenvalue weighted by atomic mass is 35.5. The van der Waals surface area contributed by atoms with E-state index in [0.717, 1.165) is 5.56 Å². The van der Waals surface area contributed by atoms with E-state index in [4.69, 9.17) is 16.3 Å². The summed E-state index contributed by atoms with van der Waals surface area (Å²) in [7, 11) is -0.445. The fraction of sp³-hybridized carbons (Fsp3) is 0.571. The molecule has 0 aliphatic heterocycles. The lowest BCUT2D eigenvalue weighted by Crippen LogP contribution is -2.30. The molecule has 0 saturated carbocycles. The maximum Gasteiger partial charge on any atom is 0.242 e. The number of rotatable bonds is 8. The minimum Gasteiger partial charge on any atom is -0.383 e. The van der Waals surface area contributed by atoms with Crippen molar-refractivity contribution >= 4 is 21.6 Å². The van der Waals surface area contributed by atoms with Crippen molar-refractivity contribution in [2.24, 2.45) is 0 Å². The highest BCUT2D eigenvalue weighted by molar-refractivity contribution is 7.89. The Morgan fingerprint density at radius 3 is 2.62 bits per heavy atom. The molecule has 0 spiro atoms. The van der Waals surface area contributed by atoms with Crippen LogP contribution in [0.5, 0.6) is 0 Å². The van der Waals surface area contributed by atoms with Crippen molar-refractivity contribution in [3.63, 3.8) is 0 Å². The van der Waals surface area contributed by atoms with Gasteiger partial charge in [-0.1, -0.05) is 25.4 Å². The molecule has 120 valence electrons. The first-order valence-electron chi connectivity index (χ1n) is 6.76. The molecule has 0 aromatic heterocycles. The average molecular weight is 335 g/mol. The summed E-state index contributed by atoms with van der Waals surface area (Å²) >= 11 is 6.12. The topological polar surface area (TPSA) is 58.6 Å². The van der Waals surface area contributed by atoms with Gasteiger partial charge in [0.25, 0.3) is 0 Å². The zero-order valence-corrected chi connectivity index (χ0v) is 14.5. The van der Waals surface area contributed by atoms with Gasteiger partial charge in [-0.3, -0.25) is 0 Å². The molecule has 1 N–H and O–H groups in total. The lowest BCUT2D eigenvalue weighted by molar-refractivity contribution is 0.185. The number of benzene rings is 1. The van der Waals surface area contributed by atoms with E-state index in [2.05, 4.69) is 5.32 Å². The summed E-state index contributed by atoms with van der Waals surface area (Å²) in [5.41, 5.74) is 0.770. The fourth-order valence-electron chi connectivity index (χ4n) is 1.68. The van der Waals surface area contributed by atoms with Crippen molar-refractivity contribution < 1.29 is 13.2 Å². The first kappa shape index (κ1) is 18.4. The van der Waals surface area contributed by atoms with Gasteiger partial charge in [0.15, 0.2) is 0 Å². The monoisotopic (exact) mass is 334 g/mol. The van der Waals surface area contributed by atoms with E-state index in [1.165, 1.54) is 17.4 Å². The van der Waals surface area contributed by atoms with Crippen molar-refractivity contribution in [3.05, 3.63) is 28.8 Å². The van der Waals surface area contributed by atoms with Crippen LogP contribution in [0.25, 0.3) is 0 Å². The number of nitrogens with zero attached hydrogens (tertiary/aromatic N) is 1. The Balaban J connectivity index is 2.99. The molecule has 21 heavy (non-hydrogen) atoms. The lowest BCUT2D eigenvalue weighted by Gasteiger charge is -2.18. The Bertz CT molecular complexity index is 561. The van der Waals surface area contributed by atoms with E-state index >= 15 is 0 Å². The summed E-state index contributed by atoms with van der Waals surface area (Å²) in [6, 6.07) is 5.07. The molecular weight excluding hydrogens is 312 g/mol. The van der Waals surface area contributed by atoms with Gasteiger partial charge in [-0.2, -0.15) is 4.31 Å². The molecule has 5 nitrogen and oxygen atoms in total. The Kier molecular flexibility index (Phi) is 7.09. The van der Waals surface area contributed by atoms with Crippen LogP contribution < -0.4 is 5.32 Å². The second kappa shape index (κ2) is 8.10. The van der Waals surface area contributed by atoms with Gasteiger partial charge in [0.05, 0.1) is 11.5 Å². The summed E-state index contributed by atoms with van der Waals surface area (Å²) in [4.78, 5) is 0.242. The highest BCUT2D eigenvalue weighted by Gasteiger charge is 2.21. The SMILES string of the molecule is COCCN(C)S(=O)(=O)c1ccc(Cl)c(CNC(C)C)c1. The highest BCUT2D eigenvalue weighted by Crippen LogP contribution is 2.22. The third-order valence-corrected chi connectivity index (χ3v) is 5.26. The van der Waals surface area contributed by atoms with Crippen LogP contribution in [-0.4, -0.2) is 46.1 Å². The van der Waals surface area contributed by atoms with Gasteiger partial charge in [-0.15, -0.1) is 0 Å². The first-order chi connectivity index (χ1) is 9.78. The molecule has 0 radical (unpaired) electrons. The maximum atomic E-state index is 12.4. The molecule has 0 aliphatic rings. The van der Waals surface area contributed by atoms with Crippen LogP contribution in [-0.2, 0) is 21.3 Å². The molecule has 0 atom stereocenters. The lowest BCUT2D eigenvalue weighted by atomic mass is 10.2. The van der Waals surface area contributed by atoms with E-state index in [-0.39, 0.29) is 4.90 Å². The largest absolute Gasteiger partial charge is 0.383 e. The summed E-state index contributed by atoms with van der Waals surface area (Å²) in [6.45, 7) is 5.23. The third kappa shape index (κ3) is 5.23. The summed E-state index contributed by atoms with van der Waals surface area (Å²) in [5.74, 6) is 0. The molecule has 1 aromatic rings. The summed E-state index contributed by atoms with van der Waals surface area (Å²) in [6.07, 6.45) is 0. The Morgan fingerprint density at radius 2 is 2.05 bits per heavy atom. The normalized spacial score (nSPS) is 12.3. The molecule has 1 rings (SSSR count). The molecule has 0 heterocycles. The van der Waals surface area contributed by atoms with Crippen LogP contribution in [0.15, 0.2) is 23.1 Å². The van der Waals surface area contributed by atoms with Gasteiger partial charge in [-0.05, 0) is 23.8 Å². The van der Waals surface area contributed by atoms with Crippen LogP contribution in [0.3, 0.4) is 0 Å². The third-order valence-electron chi connectivity index (χ3n) is 3.04. The van der Waals surface area contributed by atoms with Gasteiger partial charge in [0.1, 0.15) is 0 Å². The Morgan fingerprint density at radius 1 is 1.38 bits per heavy atom. The van der Waals surface area contributed by atoms with Gasteiger partial charge in [0.2, 0.25) is 10.0 Å². The van der Waals surface area contributed by atoms with Crippen LogP contribution in [0.1, 0.15) is 19.4 Å². The van der Waals surface area contributed by atoms with Crippen LogP contribution in [0, 0.1) is 0 Å². The second-order valence-corrected chi connectivity index (χ2v) is 7.56. The van der Waals surface area contributed by atoms with Crippen LogP contribution in [0.2, 0.25) is 5.02 Å². The van der Waals surface area contributed by atoms with E-state index in [1.807, 2.05) is 13.8 Å². The quantitative estimate of drug-likeness (QED) is 0.791. The van der Waals surface area contributed by atoms with Crippen molar-refractivity contribution in [1.29, 1.82) is 0 Å². The minimum atomic E-state index is -3.52. The minimum absolute atomic E-state index is 0.242. The molecule has 0 aliphatic carbocycles. The van der Waals surface area contributed by atoms with E-state index in [9.17, 15) is 8.42 Å². The van der Waals surface area contributed by atoms with E-state index in [1.54, 1.807) is 19.2 Å². The van der Waals surface area contributed by atoms with Crippen molar-refractivity contribution in [2.45, 2.75) is 31.3 Å². The number of sulfonamides is 1. The molecule has 0 saturated heterocycles. The zero-order valence-electron chi connectivity index (χ0n) is 12.9. The smallest absolute Gasteiger partial charge is 0.242 e. The number of methoxy groups -OCH3 is 1. The number of halogens is 1. The van der Waals surface area contributed by atoms with Crippen molar-refractivity contribution in [2.75, 3.05) is 27.3 Å². The standard InChI is InChI=1S/C14H23ClN2O3S/c1-11(2)16-10-12-9-13(5-6-14(12)15)21(18,19)17(3)7-8-20-4/h5-6,9,11,16H,7-8,10H2,1-4H3. The Labute approximate surface area is 132 Å². The summed E-state index contributed by atoms with van der Waals surface area (Å²) < 4.78 is 31.1. The van der Waals surface area contributed by atoms with Crippen molar-refractivity contribution in [1.82, 2.24) is 9.62 Å². The predicted molar refractivity (Wildman–Crippen MR) is 85.1 cm³/mol. The number of likely N-dealkylation sites (N-methyl/N-ethyl adjacent to an activating group) is 1. The van der Waals surface area contributed by atoms with Crippen LogP contribution in [0.4, 0.5) is 0 Å².